The average molecular weight is 467 g/mol. The Morgan fingerprint density at radius 3 is 1.97 bits per heavy atom. The van der Waals surface area contributed by atoms with Gasteiger partial charge in [-0.1, -0.05) is 48.5 Å². The Morgan fingerprint density at radius 2 is 1.38 bits per heavy atom. The molecule has 0 fully saturated rings. The number of carbonyl (C=O) groups excluding carboxylic acids is 2. The molecule has 34 heavy (non-hydrogen) atoms. The molecule has 7 nitrogen and oxygen atoms in total. The number of alkyl carbamates (subject to hydrolysis) is 1. The molecule has 0 radical (unpaired) electrons. The van der Waals surface area contributed by atoms with Gasteiger partial charge in [0.25, 0.3) is 0 Å². The van der Waals surface area contributed by atoms with Crippen LogP contribution in [0.5, 0.6) is 0 Å². The predicted octanol–water partition coefficient (Wildman–Crippen LogP) is 4.84. The van der Waals surface area contributed by atoms with Crippen LogP contribution in [-0.4, -0.2) is 41.8 Å². The van der Waals surface area contributed by atoms with Crippen LogP contribution < -0.4 is 10.6 Å². The van der Waals surface area contributed by atoms with E-state index in [1.165, 1.54) is 22.3 Å². The van der Waals surface area contributed by atoms with Gasteiger partial charge in [0, 0.05) is 30.8 Å². The number of hydrogen-bond acceptors (Lipinski definition) is 4. The summed E-state index contributed by atoms with van der Waals surface area (Å²) in [5, 5.41) is 14.4. The molecule has 2 aromatic carbocycles. The van der Waals surface area contributed by atoms with Crippen molar-refractivity contribution in [1.82, 2.24) is 10.6 Å². The van der Waals surface area contributed by atoms with E-state index in [0.29, 0.717) is 32.1 Å². The average Bonchev–Trinajstić information content (AvgIpc) is 3.11. The number of hydrogen-bond donors (Lipinski definition) is 3. The second-order valence-electron chi connectivity index (χ2n) is 9.02. The highest BCUT2D eigenvalue weighted by atomic mass is 16.5. The molecular weight excluding hydrogens is 432 g/mol. The van der Waals surface area contributed by atoms with Crippen molar-refractivity contribution in [3.05, 3.63) is 59.7 Å². The van der Waals surface area contributed by atoms with Crippen molar-refractivity contribution in [2.45, 2.75) is 70.4 Å². The molecule has 182 valence electrons. The summed E-state index contributed by atoms with van der Waals surface area (Å²) in [6.45, 7) is 4.05. The predicted molar refractivity (Wildman–Crippen MR) is 131 cm³/mol. The molecule has 0 saturated heterocycles. The molecule has 2 aromatic rings. The third-order valence-corrected chi connectivity index (χ3v) is 6.18. The second kappa shape index (κ2) is 12.2. The number of carboxylic acid groups (broad SMARTS) is 1. The quantitative estimate of drug-likeness (QED) is 0.415. The van der Waals surface area contributed by atoms with E-state index in [4.69, 9.17) is 9.84 Å². The van der Waals surface area contributed by atoms with Crippen LogP contribution in [0.3, 0.4) is 0 Å². The number of amides is 2. The third kappa shape index (κ3) is 7.07. The first-order chi connectivity index (χ1) is 16.3. The summed E-state index contributed by atoms with van der Waals surface area (Å²) in [4.78, 5) is 35.0. The van der Waals surface area contributed by atoms with Gasteiger partial charge in [-0.05, 0) is 61.8 Å². The van der Waals surface area contributed by atoms with E-state index in [0.717, 1.165) is 0 Å². The highest BCUT2D eigenvalue weighted by Crippen LogP contribution is 2.44. The Labute approximate surface area is 200 Å². The number of carboxylic acids is 1. The minimum Gasteiger partial charge on any atom is -0.481 e. The van der Waals surface area contributed by atoms with Crippen molar-refractivity contribution < 1.29 is 24.2 Å². The van der Waals surface area contributed by atoms with Gasteiger partial charge in [-0.3, -0.25) is 9.59 Å². The van der Waals surface area contributed by atoms with Crippen LogP contribution in [0, 0.1) is 0 Å². The number of carbonyl (C=O) groups is 3. The summed E-state index contributed by atoms with van der Waals surface area (Å²) in [7, 11) is 0. The van der Waals surface area contributed by atoms with Crippen LogP contribution >= 0.6 is 0 Å². The lowest BCUT2D eigenvalue weighted by Crippen LogP contribution is -2.35. The summed E-state index contributed by atoms with van der Waals surface area (Å²) in [5.74, 6) is -0.859. The van der Waals surface area contributed by atoms with Crippen LogP contribution in [0.15, 0.2) is 48.5 Å². The lowest BCUT2D eigenvalue weighted by molar-refractivity contribution is -0.137. The summed E-state index contributed by atoms with van der Waals surface area (Å²) in [6, 6.07) is 16.3. The normalized spacial score (nSPS) is 13.9. The van der Waals surface area contributed by atoms with Gasteiger partial charge in [0.2, 0.25) is 5.91 Å². The lowest BCUT2D eigenvalue weighted by Gasteiger charge is -2.17. The van der Waals surface area contributed by atoms with Gasteiger partial charge < -0.3 is 20.5 Å². The van der Waals surface area contributed by atoms with E-state index in [-0.39, 0.29) is 36.9 Å². The molecule has 3 N–H and O–H groups in total. The van der Waals surface area contributed by atoms with Gasteiger partial charge in [0.15, 0.2) is 0 Å². The molecule has 0 aliphatic heterocycles. The smallest absolute Gasteiger partial charge is 0.407 e. The van der Waals surface area contributed by atoms with E-state index in [1.807, 2.05) is 38.1 Å². The maximum Gasteiger partial charge on any atom is 0.407 e. The molecule has 0 heterocycles. The molecule has 0 spiro atoms. The van der Waals surface area contributed by atoms with Crippen molar-refractivity contribution in [2.24, 2.45) is 0 Å². The molecule has 1 aliphatic rings. The minimum absolute atomic E-state index is 0.0228. The van der Waals surface area contributed by atoms with Gasteiger partial charge in [-0.2, -0.15) is 0 Å². The minimum atomic E-state index is -0.823. The van der Waals surface area contributed by atoms with Crippen LogP contribution in [0.2, 0.25) is 0 Å². The maximum absolute atomic E-state index is 12.4. The van der Waals surface area contributed by atoms with E-state index in [2.05, 4.69) is 34.9 Å². The Kier molecular flexibility index (Phi) is 9.08. The number of aliphatic carboxylic acids is 1. The van der Waals surface area contributed by atoms with Crippen molar-refractivity contribution in [2.75, 3.05) is 6.61 Å². The van der Waals surface area contributed by atoms with Crippen molar-refractivity contribution in [1.29, 1.82) is 0 Å². The largest absolute Gasteiger partial charge is 0.481 e. The third-order valence-electron chi connectivity index (χ3n) is 6.18. The molecule has 2 atom stereocenters. The fraction of sp³-hybridized carbons (Fsp3) is 0.444. The van der Waals surface area contributed by atoms with Crippen LogP contribution in [-0.2, 0) is 14.3 Å². The first kappa shape index (κ1) is 25.3. The van der Waals surface area contributed by atoms with Crippen LogP contribution in [0.25, 0.3) is 11.1 Å². The molecular formula is C27H34N2O5. The van der Waals surface area contributed by atoms with E-state index >= 15 is 0 Å². The van der Waals surface area contributed by atoms with E-state index in [9.17, 15) is 14.4 Å². The molecule has 7 heteroatoms. The summed E-state index contributed by atoms with van der Waals surface area (Å²) in [5.41, 5.74) is 4.73. The Bertz CT molecular complexity index is 961. The molecule has 1 aliphatic carbocycles. The highest BCUT2D eigenvalue weighted by molar-refractivity contribution is 5.79. The Hall–Kier alpha value is -3.35. The first-order valence-corrected chi connectivity index (χ1v) is 12.0. The van der Waals surface area contributed by atoms with Gasteiger partial charge >= 0.3 is 12.1 Å². The number of nitrogens with one attached hydrogen (secondary N) is 2. The lowest BCUT2D eigenvalue weighted by atomic mass is 9.98. The second-order valence-corrected chi connectivity index (χ2v) is 9.02. The van der Waals surface area contributed by atoms with Gasteiger partial charge in [-0.15, -0.1) is 0 Å². The zero-order valence-corrected chi connectivity index (χ0v) is 19.9. The number of benzene rings is 2. The standard InChI is InChI=1S/C27H34N2O5/c1-18(10-8-16-26(31)32)28-25(30)15-7-9-19(2)29-27(33)34-17-24-22-13-5-3-11-20(22)21-12-4-6-14-23(21)24/h3-6,11-14,18-19,24H,7-10,15-17H2,1-2H3,(H,28,30)(H,29,33)(H,31,32). The van der Waals surface area contributed by atoms with Crippen molar-refractivity contribution >= 4 is 18.0 Å². The molecule has 2 unspecified atom stereocenters. The zero-order chi connectivity index (χ0) is 24.5. The highest BCUT2D eigenvalue weighted by Gasteiger charge is 2.29. The molecule has 0 aromatic heterocycles. The zero-order valence-electron chi connectivity index (χ0n) is 19.9. The topological polar surface area (TPSA) is 105 Å². The SMILES string of the molecule is CC(CCCC(=O)O)NC(=O)CCCC(C)NC(=O)OCC1c2ccccc2-c2ccccc21. The van der Waals surface area contributed by atoms with Gasteiger partial charge in [-0.25, -0.2) is 4.79 Å². The van der Waals surface area contributed by atoms with Crippen LogP contribution in [0.1, 0.15) is 69.4 Å². The fourth-order valence-electron chi connectivity index (χ4n) is 4.46. The summed E-state index contributed by atoms with van der Waals surface area (Å²) >= 11 is 0. The Morgan fingerprint density at radius 1 is 0.853 bits per heavy atom. The van der Waals surface area contributed by atoms with Crippen LogP contribution in [0.4, 0.5) is 4.79 Å². The fourth-order valence-corrected chi connectivity index (χ4v) is 4.46. The maximum atomic E-state index is 12.4. The molecule has 3 rings (SSSR count). The molecule has 0 bridgehead atoms. The number of ether oxygens (including phenoxy) is 1. The summed E-state index contributed by atoms with van der Waals surface area (Å²) < 4.78 is 5.57. The molecule has 0 saturated carbocycles. The number of rotatable bonds is 12. The van der Waals surface area contributed by atoms with Crippen molar-refractivity contribution in [3.63, 3.8) is 0 Å². The summed E-state index contributed by atoms with van der Waals surface area (Å²) in [6.07, 6.45) is 2.49. The first-order valence-electron chi connectivity index (χ1n) is 12.0. The van der Waals surface area contributed by atoms with Gasteiger partial charge in [0.1, 0.15) is 6.61 Å². The van der Waals surface area contributed by atoms with Crippen molar-refractivity contribution in [3.8, 4) is 11.1 Å². The monoisotopic (exact) mass is 466 g/mol. The number of fused-ring (bicyclic) bond motifs is 3. The molecule has 2 amide bonds. The van der Waals surface area contributed by atoms with E-state index in [1.54, 1.807) is 0 Å². The van der Waals surface area contributed by atoms with E-state index < -0.39 is 12.1 Å². The van der Waals surface area contributed by atoms with Gasteiger partial charge in [0.05, 0.1) is 0 Å². The Balaban J connectivity index is 1.36.